The number of thiophene rings is 1. The number of carbonyl (C=O) groups is 1. The van der Waals surface area contributed by atoms with Gasteiger partial charge < -0.3 is 10.4 Å². The minimum Gasteiger partial charge on any atom is -0.478 e. The van der Waals surface area contributed by atoms with Crippen LogP contribution >= 0.6 is 11.3 Å². The Morgan fingerprint density at radius 1 is 1.44 bits per heavy atom. The van der Waals surface area contributed by atoms with Gasteiger partial charge in [0, 0.05) is 17.3 Å². The topological polar surface area (TPSA) is 49.3 Å². The second kappa shape index (κ2) is 4.71. The molecule has 0 spiro atoms. The van der Waals surface area contributed by atoms with Crippen LogP contribution in [0.2, 0.25) is 0 Å². The summed E-state index contributed by atoms with van der Waals surface area (Å²) in [5, 5.41) is 15.8. The van der Waals surface area contributed by atoms with E-state index in [1.807, 2.05) is 12.1 Å². The van der Waals surface area contributed by atoms with Crippen molar-refractivity contribution >= 4 is 27.4 Å². The van der Waals surface area contributed by atoms with Crippen LogP contribution in [0.25, 0.3) is 10.1 Å². The summed E-state index contributed by atoms with van der Waals surface area (Å²) in [6, 6.07) is 6.16. The fourth-order valence-corrected chi connectivity index (χ4v) is 3.36. The standard InChI is InChI=1S/C14H15NO2S/c16-14(17)12-6-2-5-11-9(8-18-13(11)12)7-15-10-3-1-4-10/h2,5-6,8,10,15H,1,3-4,7H2,(H,16,17). The zero-order chi connectivity index (χ0) is 12.5. The van der Waals surface area contributed by atoms with E-state index in [0.29, 0.717) is 11.6 Å². The van der Waals surface area contributed by atoms with Gasteiger partial charge in [0.2, 0.25) is 0 Å². The van der Waals surface area contributed by atoms with E-state index in [0.717, 1.165) is 16.6 Å². The third-order valence-corrected chi connectivity index (χ3v) is 4.67. The van der Waals surface area contributed by atoms with Crippen molar-refractivity contribution in [3.05, 3.63) is 34.7 Å². The fraction of sp³-hybridized carbons (Fsp3) is 0.357. The summed E-state index contributed by atoms with van der Waals surface area (Å²) in [4.78, 5) is 11.1. The number of benzene rings is 1. The average molecular weight is 261 g/mol. The Morgan fingerprint density at radius 2 is 2.28 bits per heavy atom. The number of fused-ring (bicyclic) bond motifs is 1. The van der Waals surface area contributed by atoms with Gasteiger partial charge in [0.05, 0.1) is 5.56 Å². The smallest absolute Gasteiger partial charge is 0.337 e. The molecule has 1 heterocycles. The first-order valence-electron chi connectivity index (χ1n) is 6.21. The zero-order valence-corrected chi connectivity index (χ0v) is 10.8. The van der Waals surface area contributed by atoms with Crippen LogP contribution in [0.4, 0.5) is 0 Å². The Balaban J connectivity index is 1.88. The Bertz CT molecular complexity index is 586. The molecule has 0 aliphatic heterocycles. The van der Waals surface area contributed by atoms with Crippen LogP contribution in [0.5, 0.6) is 0 Å². The van der Waals surface area contributed by atoms with Gasteiger partial charge in [0.25, 0.3) is 0 Å². The molecule has 3 nitrogen and oxygen atoms in total. The van der Waals surface area contributed by atoms with E-state index in [-0.39, 0.29) is 0 Å². The van der Waals surface area contributed by atoms with Gasteiger partial charge in [-0.05, 0) is 35.2 Å². The molecule has 3 rings (SSSR count). The zero-order valence-electron chi connectivity index (χ0n) is 9.98. The summed E-state index contributed by atoms with van der Waals surface area (Å²) >= 11 is 1.53. The highest BCUT2D eigenvalue weighted by Crippen LogP contribution is 2.29. The quantitative estimate of drug-likeness (QED) is 0.888. The number of hydrogen-bond acceptors (Lipinski definition) is 3. The SMILES string of the molecule is O=C(O)c1cccc2c(CNC3CCC3)csc12. The van der Waals surface area contributed by atoms with Gasteiger partial charge in [-0.2, -0.15) is 0 Å². The van der Waals surface area contributed by atoms with Crippen molar-refractivity contribution in [2.24, 2.45) is 0 Å². The first-order valence-corrected chi connectivity index (χ1v) is 7.09. The van der Waals surface area contributed by atoms with Gasteiger partial charge in [-0.1, -0.05) is 18.6 Å². The van der Waals surface area contributed by atoms with E-state index < -0.39 is 5.97 Å². The second-order valence-electron chi connectivity index (χ2n) is 4.76. The van der Waals surface area contributed by atoms with Crippen molar-refractivity contribution in [2.45, 2.75) is 31.8 Å². The maximum Gasteiger partial charge on any atom is 0.337 e. The summed E-state index contributed by atoms with van der Waals surface area (Å²) in [5.41, 5.74) is 1.62. The number of carboxylic acid groups (broad SMARTS) is 1. The molecule has 1 aromatic heterocycles. The van der Waals surface area contributed by atoms with E-state index in [2.05, 4.69) is 10.7 Å². The van der Waals surface area contributed by atoms with Crippen LogP contribution < -0.4 is 5.32 Å². The van der Waals surface area contributed by atoms with Crippen LogP contribution in [0, 0.1) is 0 Å². The molecule has 2 aromatic rings. The molecule has 1 fully saturated rings. The first kappa shape index (κ1) is 11.7. The number of aromatic carboxylic acids is 1. The minimum atomic E-state index is -0.846. The first-order chi connectivity index (χ1) is 8.75. The van der Waals surface area contributed by atoms with Crippen molar-refractivity contribution in [3.8, 4) is 0 Å². The van der Waals surface area contributed by atoms with E-state index in [1.165, 1.54) is 36.2 Å². The number of carboxylic acids is 1. The van der Waals surface area contributed by atoms with E-state index in [4.69, 9.17) is 5.11 Å². The van der Waals surface area contributed by atoms with Gasteiger partial charge in [-0.15, -0.1) is 11.3 Å². The lowest BCUT2D eigenvalue weighted by Crippen LogP contribution is -2.34. The molecule has 1 saturated carbocycles. The number of hydrogen-bond donors (Lipinski definition) is 2. The highest BCUT2D eigenvalue weighted by Gasteiger charge is 2.17. The number of nitrogens with one attached hydrogen (secondary N) is 1. The van der Waals surface area contributed by atoms with Crippen molar-refractivity contribution in [3.63, 3.8) is 0 Å². The van der Waals surface area contributed by atoms with Gasteiger partial charge in [0.15, 0.2) is 0 Å². The molecule has 1 aromatic carbocycles. The predicted octanol–water partition coefficient (Wildman–Crippen LogP) is 3.24. The monoisotopic (exact) mass is 261 g/mol. The highest BCUT2D eigenvalue weighted by atomic mass is 32.1. The molecule has 2 N–H and O–H groups in total. The molecule has 0 amide bonds. The lowest BCUT2D eigenvalue weighted by Gasteiger charge is -2.26. The molecule has 0 atom stereocenters. The summed E-state index contributed by atoms with van der Waals surface area (Å²) in [6.45, 7) is 0.841. The Morgan fingerprint density at radius 3 is 2.94 bits per heavy atom. The maximum absolute atomic E-state index is 11.1. The van der Waals surface area contributed by atoms with Crippen LogP contribution in [-0.4, -0.2) is 17.1 Å². The normalized spacial score (nSPS) is 15.8. The third-order valence-electron chi connectivity index (χ3n) is 3.60. The van der Waals surface area contributed by atoms with E-state index >= 15 is 0 Å². The second-order valence-corrected chi connectivity index (χ2v) is 5.64. The highest BCUT2D eigenvalue weighted by molar-refractivity contribution is 7.17. The lowest BCUT2D eigenvalue weighted by atomic mass is 9.93. The van der Waals surface area contributed by atoms with Crippen molar-refractivity contribution in [1.29, 1.82) is 0 Å². The molecule has 94 valence electrons. The summed E-state index contributed by atoms with van der Waals surface area (Å²) in [6.07, 6.45) is 3.86. The average Bonchev–Trinajstić information content (AvgIpc) is 2.70. The van der Waals surface area contributed by atoms with E-state index in [1.54, 1.807) is 6.07 Å². The van der Waals surface area contributed by atoms with Gasteiger partial charge in [-0.25, -0.2) is 4.79 Å². The third kappa shape index (κ3) is 2.02. The summed E-state index contributed by atoms with van der Waals surface area (Å²) < 4.78 is 0.885. The van der Waals surface area contributed by atoms with Crippen LogP contribution in [-0.2, 0) is 6.54 Å². The fourth-order valence-electron chi connectivity index (χ4n) is 2.28. The molecule has 0 unspecified atom stereocenters. The van der Waals surface area contributed by atoms with Gasteiger partial charge in [-0.3, -0.25) is 0 Å². The predicted molar refractivity (Wildman–Crippen MR) is 73.3 cm³/mol. The minimum absolute atomic E-state index is 0.410. The van der Waals surface area contributed by atoms with Crippen LogP contribution in [0.1, 0.15) is 35.2 Å². The van der Waals surface area contributed by atoms with Crippen molar-refractivity contribution in [1.82, 2.24) is 5.32 Å². The van der Waals surface area contributed by atoms with Crippen LogP contribution in [0.3, 0.4) is 0 Å². The Kier molecular flexibility index (Phi) is 3.06. The van der Waals surface area contributed by atoms with Gasteiger partial charge in [0.1, 0.15) is 0 Å². The van der Waals surface area contributed by atoms with Gasteiger partial charge >= 0.3 is 5.97 Å². The van der Waals surface area contributed by atoms with Crippen LogP contribution in [0.15, 0.2) is 23.6 Å². The molecule has 1 aliphatic rings. The van der Waals surface area contributed by atoms with Crippen molar-refractivity contribution in [2.75, 3.05) is 0 Å². The lowest BCUT2D eigenvalue weighted by molar-refractivity contribution is 0.0699. The molecule has 0 saturated heterocycles. The molecular formula is C14H15NO2S. The molecule has 18 heavy (non-hydrogen) atoms. The molecule has 1 aliphatic carbocycles. The Labute approximate surface area is 109 Å². The molecular weight excluding hydrogens is 246 g/mol. The summed E-state index contributed by atoms with van der Waals surface area (Å²) in [5.74, 6) is -0.846. The molecule has 0 bridgehead atoms. The maximum atomic E-state index is 11.1. The number of rotatable bonds is 4. The Hall–Kier alpha value is -1.39. The van der Waals surface area contributed by atoms with E-state index in [9.17, 15) is 4.79 Å². The van der Waals surface area contributed by atoms with Crippen molar-refractivity contribution < 1.29 is 9.90 Å². The molecule has 4 heteroatoms. The summed E-state index contributed by atoms with van der Waals surface area (Å²) in [7, 11) is 0. The largest absolute Gasteiger partial charge is 0.478 e. The molecule has 0 radical (unpaired) electrons.